The van der Waals surface area contributed by atoms with Gasteiger partial charge in [-0.2, -0.15) is 0 Å². The fourth-order valence-corrected chi connectivity index (χ4v) is 2.40. The van der Waals surface area contributed by atoms with Crippen molar-refractivity contribution in [1.82, 2.24) is 5.32 Å². The molecule has 0 saturated carbocycles. The summed E-state index contributed by atoms with van der Waals surface area (Å²) in [5, 5.41) is 13.2. The fourth-order valence-electron chi connectivity index (χ4n) is 2.05. The van der Waals surface area contributed by atoms with E-state index in [9.17, 15) is 0 Å². The van der Waals surface area contributed by atoms with Crippen LogP contribution in [0.5, 0.6) is 0 Å². The van der Waals surface area contributed by atoms with Crippen LogP contribution in [-0.4, -0.2) is 11.1 Å². The zero-order chi connectivity index (χ0) is 14.1. The summed E-state index contributed by atoms with van der Waals surface area (Å²) in [6.45, 7) is 0. The summed E-state index contributed by atoms with van der Waals surface area (Å²) >= 11 is 12.0. The van der Waals surface area contributed by atoms with Gasteiger partial charge in [0.05, 0.1) is 10.7 Å². The van der Waals surface area contributed by atoms with Gasteiger partial charge in [0.1, 0.15) is 5.84 Å². The Morgan fingerprint density at radius 1 is 1.10 bits per heavy atom. The molecule has 0 saturated heterocycles. The summed E-state index contributed by atoms with van der Waals surface area (Å²) in [6.07, 6.45) is -0.716. The van der Waals surface area contributed by atoms with Crippen LogP contribution < -0.4 is 5.32 Å². The summed E-state index contributed by atoms with van der Waals surface area (Å²) in [7, 11) is 0. The third-order valence-corrected chi connectivity index (χ3v) is 3.57. The first-order valence-corrected chi connectivity index (χ1v) is 6.64. The summed E-state index contributed by atoms with van der Waals surface area (Å²) in [5.41, 5.74) is 2.08. The molecule has 0 spiro atoms. The Morgan fingerprint density at radius 2 is 1.85 bits per heavy atom. The number of halogens is 2. The summed E-state index contributed by atoms with van der Waals surface area (Å²) in [5.74, 6) is 0.557. The molecule has 102 valence electrons. The van der Waals surface area contributed by atoms with Gasteiger partial charge in [-0.05, 0) is 30.3 Å². The first-order valence-electron chi connectivity index (χ1n) is 5.89. The van der Waals surface area contributed by atoms with E-state index in [1.165, 1.54) is 0 Å². The average Bonchev–Trinajstić information content (AvgIpc) is 2.47. The lowest BCUT2D eigenvalue weighted by Gasteiger charge is -2.25. The molecule has 1 aliphatic rings. The lowest BCUT2D eigenvalue weighted by atomic mass is 10.1. The molecule has 6 heteroatoms. The molecule has 1 heterocycles. The molecule has 0 amide bonds. The van der Waals surface area contributed by atoms with Gasteiger partial charge in [-0.25, -0.2) is 15.1 Å². The SMILES string of the molecule is OOC1NC(c2ccc(Cl)cc2)=Nc2c(Cl)cccc21. The van der Waals surface area contributed by atoms with Gasteiger partial charge < -0.3 is 5.32 Å². The van der Waals surface area contributed by atoms with Crippen LogP contribution >= 0.6 is 23.2 Å². The minimum atomic E-state index is -0.716. The largest absolute Gasteiger partial charge is 0.338 e. The number of benzene rings is 2. The first-order chi connectivity index (χ1) is 9.69. The highest BCUT2D eigenvalue weighted by molar-refractivity contribution is 6.33. The van der Waals surface area contributed by atoms with E-state index in [1.54, 1.807) is 30.3 Å². The maximum absolute atomic E-state index is 9.06. The summed E-state index contributed by atoms with van der Waals surface area (Å²) in [4.78, 5) is 8.95. The number of aliphatic imine (C=N–C) groups is 1. The maximum Gasteiger partial charge on any atom is 0.191 e. The van der Waals surface area contributed by atoms with Crippen molar-refractivity contribution in [1.29, 1.82) is 0 Å². The molecular weight excluding hydrogens is 299 g/mol. The third kappa shape index (κ3) is 2.39. The Balaban J connectivity index is 2.10. The molecule has 0 fully saturated rings. The van der Waals surface area contributed by atoms with E-state index >= 15 is 0 Å². The van der Waals surface area contributed by atoms with Crippen molar-refractivity contribution >= 4 is 34.7 Å². The zero-order valence-electron chi connectivity index (χ0n) is 10.2. The van der Waals surface area contributed by atoms with Crippen molar-refractivity contribution in [3.05, 3.63) is 63.6 Å². The van der Waals surface area contributed by atoms with Gasteiger partial charge in [0.2, 0.25) is 0 Å². The van der Waals surface area contributed by atoms with Crippen LogP contribution in [0.2, 0.25) is 10.0 Å². The smallest absolute Gasteiger partial charge is 0.191 e. The number of para-hydroxylation sites is 1. The maximum atomic E-state index is 9.06. The molecule has 2 N–H and O–H groups in total. The molecule has 1 unspecified atom stereocenters. The Bertz CT molecular complexity index is 671. The monoisotopic (exact) mass is 308 g/mol. The van der Waals surface area contributed by atoms with Crippen molar-refractivity contribution in [3.8, 4) is 0 Å². The predicted octanol–water partition coefficient (Wildman–Crippen LogP) is 4.16. The Labute approximate surface area is 125 Å². The molecule has 2 aromatic rings. The number of amidine groups is 1. The van der Waals surface area contributed by atoms with E-state index in [1.807, 2.05) is 12.1 Å². The van der Waals surface area contributed by atoms with Gasteiger partial charge in [-0.1, -0.05) is 35.3 Å². The highest BCUT2D eigenvalue weighted by atomic mass is 35.5. The Morgan fingerprint density at radius 3 is 2.55 bits per heavy atom. The highest BCUT2D eigenvalue weighted by Gasteiger charge is 2.24. The van der Waals surface area contributed by atoms with Gasteiger partial charge in [-0.3, -0.25) is 0 Å². The lowest BCUT2D eigenvalue weighted by Crippen LogP contribution is -2.33. The van der Waals surface area contributed by atoms with Crippen LogP contribution in [0, 0.1) is 0 Å². The van der Waals surface area contributed by atoms with Crippen molar-refractivity contribution < 1.29 is 10.1 Å². The van der Waals surface area contributed by atoms with E-state index in [2.05, 4.69) is 15.2 Å². The van der Waals surface area contributed by atoms with E-state index in [0.717, 1.165) is 5.56 Å². The standard InChI is InChI=1S/C14H10Cl2N2O2/c15-9-6-4-8(5-7-9)13-17-12-10(14(18-13)20-19)2-1-3-11(12)16/h1-7,14,19H,(H,17,18). The summed E-state index contributed by atoms with van der Waals surface area (Å²) in [6, 6.07) is 12.5. The van der Waals surface area contributed by atoms with Gasteiger partial charge in [-0.15, -0.1) is 0 Å². The fraction of sp³-hybridized carbons (Fsp3) is 0.0714. The van der Waals surface area contributed by atoms with Crippen LogP contribution in [-0.2, 0) is 4.89 Å². The number of hydrogen-bond donors (Lipinski definition) is 2. The normalized spacial score (nSPS) is 17.1. The molecule has 20 heavy (non-hydrogen) atoms. The minimum Gasteiger partial charge on any atom is -0.338 e. The van der Waals surface area contributed by atoms with Crippen LogP contribution in [0.3, 0.4) is 0 Å². The van der Waals surface area contributed by atoms with Crippen LogP contribution in [0.4, 0.5) is 5.69 Å². The molecule has 0 bridgehead atoms. The van der Waals surface area contributed by atoms with Gasteiger partial charge in [0.15, 0.2) is 6.23 Å². The van der Waals surface area contributed by atoms with Gasteiger partial charge >= 0.3 is 0 Å². The lowest BCUT2D eigenvalue weighted by molar-refractivity contribution is -0.285. The molecule has 1 atom stereocenters. The zero-order valence-corrected chi connectivity index (χ0v) is 11.7. The van der Waals surface area contributed by atoms with Crippen LogP contribution in [0.15, 0.2) is 47.5 Å². The molecule has 0 radical (unpaired) electrons. The van der Waals surface area contributed by atoms with E-state index in [0.29, 0.717) is 27.1 Å². The summed E-state index contributed by atoms with van der Waals surface area (Å²) < 4.78 is 0. The quantitative estimate of drug-likeness (QED) is 0.647. The average molecular weight is 309 g/mol. The van der Waals surface area contributed by atoms with Gasteiger partial charge in [0.25, 0.3) is 0 Å². The number of nitrogens with one attached hydrogen (secondary N) is 1. The Hall–Kier alpha value is -1.59. The number of nitrogens with zero attached hydrogens (tertiary/aromatic N) is 1. The van der Waals surface area contributed by atoms with E-state index in [4.69, 9.17) is 28.5 Å². The highest BCUT2D eigenvalue weighted by Crippen LogP contribution is 2.36. The second-order valence-corrected chi connectivity index (χ2v) is 5.12. The molecule has 4 nitrogen and oxygen atoms in total. The van der Waals surface area contributed by atoms with E-state index in [-0.39, 0.29) is 0 Å². The number of rotatable bonds is 2. The molecule has 1 aliphatic heterocycles. The van der Waals surface area contributed by atoms with Crippen LogP contribution in [0.1, 0.15) is 17.4 Å². The first kappa shape index (κ1) is 13.4. The van der Waals surface area contributed by atoms with Crippen molar-refractivity contribution in [3.63, 3.8) is 0 Å². The van der Waals surface area contributed by atoms with Crippen molar-refractivity contribution in [2.45, 2.75) is 6.23 Å². The van der Waals surface area contributed by atoms with Crippen molar-refractivity contribution in [2.75, 3.05) is 0 Å². The van der Waals surface area contributed by atoms with Gasteiger partial charge in [0, 0.05) is 16.1 Å². The number of hydrogen-bond acceptors (Lipinski definition) is 4. The molecule has 0 aliphatic carbocycles. The predicted molar refractivity (Wildman–Crippen MR) is 78.7 cm³/mol. The second kappa shape index (κ2) is 5.42. The molecule has 3 rings (SSSR count). The topological polar surface area (TPSA) is 53.9 Å². The third-order valence-electron chi connectivity index (χ3n) is 3.01. The molecular formula is C14H10Cl2N2O2. The second-order valence-electron chi connectivity index (χ2n) is 4.27. The minimum absolute atomic E-state index is 0.498. The van der Waals surface area contributed by atoms with Crippen LogP contribution in [0.25, 0.3) is 0 Å². The van der Waals surface area contributed by atoms with E-state index < -0.39 is 6.23 Å². The number of fused-ring (bicyclic) bond motifs is 1. The van der Waals surface area contributed by atoms with Crippen molar-refractivity contribution in [2.24, 2.45) is 4.99 Å². The molecule has 2 aromatic carbocycles. The molecule has 0 aromatic heterocycles. The Kier molecular flexibility index (Phi) is 3.63.